The molecule has 16 heavy (non-hydrogen) atoms. The molecule has 1 heterocycles. The number of rotatable bonds is 1. The number of benzene rings is 1. The highest BCUT2D eigenvalue weighted by molar-refractivity contribution is 6.32. The summed E-state index contributed by atoms with van der Waals surface area (Å²) in [4.78, 5) is 11.2. The van der Waals surface area contributed by atoms with Gasteiger partial charge < -0.3 is 0 Å². The molecule has 0 saturated heterocycles. The highest BCUT2D eigenvalue weighted by atomic mass is 35.5. The maximum Gasteiger partial charge on any atom is 0.244 e. The zero-order chi connectivity index (χ0) is 11.5. The summed E-state index contributed by atoms with van der Waals surface area (Å²) >= 11 is 6.04. The lowest BCUT2D eigenvalue weighted by molar-refractivity contribution is -0.120. The molecule has 1 aromatic rings. The molecule has 1 aliphatic heterocycles. The van der Waals surface area contributed by atoms with Gasteiger partial charge in [0.05, 0.1) is 12.1 Å². The zero-order valence-corrected chi connectivity index (χ0v) is 9.58. The Balaban J connectivity index is 2.37. The van der Waals surface area contributed by atoms with Crippen LogP contribution in [0.2, 0.25) is 5.02 Å². The molecule has 4 heteroatoms. The van der Waals surface area contributed by atoms with Crippen molar-refractivity contribution in [2.75, 3.05) is 0 Å². The maximum absolute atomic E-state index is 11.2. The summed E-state index contributed by atoms with van der Waals surface area (Å²) in [5.41, 5.74) is 5.06. The van der Waals surface area contributed by atoms with Gasteiger partial charge in [0.2, 0.25) is 5.91 Å². The molecule has 82 valence electrons. The highest BCUT2D eigenvalue weighted by Crippen LogP contribution is 2.20. The first-order chi connectivity index (χ1) is 7.66. The fourth-order valence-electron chi connectivity index (χ4n) is 1.49. The monoisotopic (exact) mass is 234 g/mol. The molecule has 3 nitrogen and oxygen atoms in total. The Bertz CT molecular complexity index is 492. The van der Waals surface area contributed by atoms with Gasteiger partial charge in [0, 0.05) is 5.02 Å². The summed E-state index contributed by atoms with van der Waals surface area (Å²) in [5, 5.41) is 4.60. The van der Waals surface area contributed by atoms with Crippen LogP contribution < -0.4 is 5.43 Å². The molecule has 1 amide bonds. The van der Waals surface area contributed by atoms with Crippen LogP contribution in [-0.4, -0.2) is 11.6 Å². The average Bonchev–Trinajstić information content (AvgIpc) is 2.27. The Labute approximate surface area is 98.8 Å². The van der Waals surface area contributed by atoms with Gasteiger partial charge in [0.1, 0.15) is 0 Å². The van der Waals surface area contributed by atoms with E-state index in [1.165, 1.54) is 0 Å². The van der Waals surface area contributed by atoms with E-state index in [9.17, 15) is 4.79 Å². The van der Waals surface area contributed by atoms with Crippen LogP contribution in [0.1, 0.15) is 18.9 Å². The number of amides is 1. The Morgan fingerprint density at radius 3 is 2.94 bits per heavy atom. The number of carbonyl (C=O) groups excluding carboxylic acids is 1. The summed E-state index contributed by atoms with van der Waals surface area (Å²) in [7, 11) is 0. The lowest BCUT2D eigenvalue weighted by atomic mass is 10.0. The van der Waals surface area contributed by atoms with Crippen LogP contribution in [-0.2, 0) is 4.79 Å². The molecule has 0 atom stereocenters. The predicted molar refractivity (Wildman–Crippen MR) is 65.3 cm³/mol. The minimum absolute atomic E-state index is 0.0936. The van der Waals surface area contributed by atoms with E-state index < -0.39 is 0 Å². The number of carbonyl (C=O) groups is 1. The van der Waals surface area contributed by atoms with Crippen LogP contribution in [0, 0.1) is 0 Å². The van der Waals surface area contributed by atoms with Crippen LogP contribution >= 0.6 is 11.6 Å². The van der Waals surface area contributed by atoms with Crippen molar-refractivity contribution < 1.29 is 4.79 Å². The third-order valence-corrected chi connectivity index (χ3v) is 2.74. The van der Waals surface area contributed by atoms with Gasteiger partial charge in [0.25, 0.3) is 0 Å². The molecule has 0 aromatic heterocycles. The molecule has 0 radical (unpaired) electrons. The third-order valence-electron chi connectivity index (χ3n) is 2.40. The topological polar surface area (TPSA) is 41.5 Å². The molecule has 0 aliphatic carbocycles. The minimum atomic E-state index is -0.0936. The van der Waals surface area contributed by atoms with Gasteiger partial charge in [-0.2, -0.15) is 5.10 Å². The van der Waals surface area contributed by atoms with Crippen LogP contribution in [0.4, 0.5) is 0 Å². The summed E-state index contributed by atoms with van der Waals surface area (Å²) in [6.07, 6.45) is 2.25. The average molecular weight is 235 g/mol. The van der Waals surface area contributed by atoms with E-state index in [2.05, 4.69) is 10.5 Å². The first-order valence-corrected chi connectivity index (χ1v) is 5.33. The number of hydrazone groups is 1. The smallest absolute Gasteiger partial charge is 0.244 e. The zero-order valence-electron chi connectivity index (χ0n) is 8.83. The van der Waals surface area contributed by atoms with E-state index >= 15 is 0 Å². The van der Waals surface area contributed by atoms with Crippen LogP contribution in [0.15, 0.2) is 34.9 Å². The molecule has 1 aromatic carbocycles. The number of nitrogens with one attached hydrogen (secondary N) is 1. The Kier molecular flexibility index (Phi) is 3.06. The van der Waals surface area contributed by atoms with E-state index in [0.29, 0.717) is 11.4 Å². The standard InChI is InChI=1S/C12H11ClN2O/c1-8-10(7-12(16)15-14-8)6-9-4-2-3-5-11(9)13/h2-6H,7H2,1H3,(H,15,16). The number of nitrogens with zero attached hydrogens (tertiary/aromatic N) is 1. The summed E-state index contributed by atoms with van der Waals surface area (Å²) in [6, 6.07) is 7.52. The molecular weight excluding hydrogens is 224 g/mol. The summed E-state index contributed by atoms with van der Waals surface area (Å²) in [6.45, 7) is 1.86. The van der Waals surface area contributed by atoms with Crippen molar-refractivity contribution in [3.63, 3.8) is 0 Å². The molecule has 0 unspecified atom stereocenters. The van der Waals surface area contributed by atoms with E-state index in [4.69, 9.17) is 11.6 Å². The molecular formula is C12H11ClN2O. The van der Waals surface area contributed by atoms with Crippen LogP contribution in [0.5, 0.6) is 0 Å². The van der Waals surface area contributed by atoms with Gasteiger partial charge in [-0.05, 0) is 30.2 Å². The lowest BCUT2D eigenvalue weighted by Gasteiger charge is -2.12. The quantitative estimate of drug-likeness (QED) is 0.798. The Hall–Kier alpha value is -1.61. The summed E-state index contributed by atoms with van der Waals surface area (Å²) in [5.74, 6) is -0.0936. The Morgan fingerprint density at radius 2 is 2.19 bits per heavy atom. The normalized spacial score (nSPS) is 18.2. The van der Waals surface area contributed by atoms with Crippen molar-refractivity contribution in [3.05, 3.63) is 40.4 Å². The molecule has 2 rings (SSSR count). The SMILES string of the molecule is CC1=NNC(=O)CC1=Cc1ccccc1Cl. The van der Waals surface area contributed by atoms with Gasteiger partial charge in [-0.25, -0.2) is 5.43 Å². The second-order valence-corrected chi connectivity index (χ2v) is 4.01. The number of hydrogen-bond donors (Lipinski definition) is 1. The first kappa shape index (κ1) is 10.9. The van der Waals surface area contributed by atoms with Gasteiger partial charge in [-0.15, -0.1) is 0 Å². The van der Waals surface area contributed by atoms with Crippen molar-refractivity contribution in [3.8, 4) is 0 Å². The highest BCUT2D eigenvalue weighted by Gasteiger charge is 2.14. The summed E-state index contributed by atoms with van der Waals surface area (Å²) < 4.78 is 0. The van der Waals surface area contributed by atoms with Gasteiger partial charge in [0.15, 0.2) is 0 Å². The van der Waals surface area contributed by atoms with Crippen molar-refractivity contribution >= 4 is 29.3 Å². The van der Waals surface area contributed by atoms with Crippen LogP contribution in [0.25, 0.3) is 6.08 Å². The van der Waals surface area contributed by atoms with Crippen molar-refractivity contribution in [2.24, 2.45) is 5.10 Å². The van der Waals surface area contributed by atoms with Gasteiger partial charge in [-0.3, -0.25) is 4.79 Å². The molecule has 1 N–H and O–H groups in total. The van der Waals surface area contributed by atoms with Crippen molar-refractivity contribution in [1.29, 1.82) is 0 Å². The number of halogens is 1. The van der Waals surface area contributed by atoms with E-state index in [0.717, 1.165) is 16.8 Å². The largest absolute Gasteiger partial charge is 0.273 e. The Morgan fingerprint density at radius 1 is 1.44 bits per heavy atom. The van der Waals surface area contributed by atoms with Crippen molar-refractivity contribution in [2.45, 2.75) is 13.3 Å². The molecule has 1 aliphatic rings. The van der Waals surface area contributed by atoms with Crippen molar-refractivity contribution in [1.82, 2.24) is 5.43 Å². The van der Waals surface area contributed by atoms with E-state index in [1.807, 2.05) is 37.3 Å². The van der Waals surface area contributed by atoms with Gasteiger partial charge in [-0.1, -0.05) is 29.8 Å². The van der Waals surface area contributed by atoms with E-state index in [1.54, 1.807) is 0 Å². The lowest BCUT2D eigenvalue weighted by Crippen LogP contribution is -2.26. The molecule has 0 saturated carbocycles. The molecule has 0 fully saturated rings. The second kappa shape index (κ2) is 4.49. The maximum atomic E-state index is 11.2. The van der Waals surface area contributed by atoms with Gasteiger partial charge >= 0.3 is 0 Å². The third kappa shape index (κ3) is 2.31. The first-order valence-electron chi connectivity index (χ1n) is 4.95. The molecule has 0 bridgehead atoms. The molecule has 0 spiro atoms. The van der Waals surface area contributed by atoms with Crippen LogP contribution in [0.3, 0.4) is 0 Å². The second-order valence-electron chi connectivity index (χ2n) is 3.60. The van der Waals surface area contributed by atoms with E-state index in [-0.39, 0.29) is 5.91 Å². The fourth-order valence-corrected chi connectivity index (χ4v) is 1.68. The predicted octanol–water partition coefficient (Wildman–Crippen LogP) is 2.62. The minimum Gasteiger partial charge on any atom is -0.273 e. The fraction of sp³-hybridized carbons (Fsp3) is 0.167. The number of hydrogen-bond acceptors (Lipinski definition) is 2.